The number of alkyl halides is 3. The van der Waals surface area contributed by atoms with E-state index < -0.39 is 17.6 Å². The van der Waals surface area contributed by atoms with Crippen molar-refractivity contribution < 1.29 is 17.6 Å². The van der Waals surface area contributed by atoms with Crippen LogP contribution in [-0.2, 0) is 19.1 Å². The van der Waals surface area contributed by atoms with E-state index in [1.807, 2.05) is 21.6 Å². The fourth-order valence-corrected chi connectivity index (χ4v) is 4.55. The predicted octanol–water partition coefficient (Wildman–Crippen LogP) is 4.82. The molecule has 1 aliphatic heterocycles. The van der Waals surface area contributed by atoms with E-state index in [4.69, 9.17) is 11.6 Å². The van der Waals surface area contributed by atoms with Crippen LogP contribution in [0.5, 0.6) is 0 Å². The van der Waals surface area contributed by atoms with Crippen LogP contribution in [0.25, 0.3) is 5.65 Å². The fourth-order valence-electron chi connectivity index (χ4n) is 4.24. The molecule has 1 aliphatic carbocycles. The van der Waals surface area contributed by atoms with Crippen molar-refractivity contribution in [2.24, 2.45) is 5.92 Å². The number of anilines is 1. The quantitative estimate of drug-likeness (QED) is 0.504. The van der Waals surface area contributed by atoms with Crippen molar-refractivity contribution in [1.29, 1.82) is 0 Å². The molecule has 5 nitrogen and oxygen atoms in total. The Morgan fingerprint density at radius 3 is 2.47 bits per heavy atom. The predicted molar refractivity (Wildman–Crippen MR) is 113 cm³/mol. The first kappa shape index (κ1) is 21.5. The molecular formula is C22H22ClF4N5. The number of aromatic nitrogens is 3. The van der Waals surface area contributed by atoms with Gasteiger partial charge in [0.2, 0.25) is 0 Å². The zero-order valence-electron chi connectivity index (χ0n) is 17.2. The standard InChI is InChI=1S/C22H22ClF4N5/c23-20-18(3-4-32-19(11-14-1-2-14)28-29-21(20)32)31-7-5-30(6-8-31)13-15-9-16(22(25,26)27)12-17(24)10-15/h3-4,9-10,12,14H,1-2,5-8,11,13H2. The summed E-state index contributed by atoms with van der Waals surface area (Å²) in [7, 11) is 0. The summed E-state index contributed by atoms with van der Waals surface area (Å²) in [6, 6.07) is 4.68. The number of fused-ring (bicyclic) bond motifs is 1. The highest BCUT2D eigenvalue weighted by Gasteiger charge is 2.32. The highest BCUT2D eigenvalue weighted by Crippen LogP contribution is 2.35. The van der Waals surface area contributed by atoms with Crippen molar-refractivity contribution >= 4 is 22.9 Å². The first-order valence-corrected chi connectivity index (χ1v) is 11.0. The summed E-state index contributed by atoms with van der Waals surface area (Å²) in [5.74, 6) is 0.747. The maximum Gasteiger partial charge on any atom is 0.416 e. The number of piperazine rings is 1. The second-order valence-electron chi connectivity index (χ2n) is 8.58. The van der Waals surface area contributed by atoms with Crippen LogP contribution in [0.4, 0.5) is 23.2 Å². The van der Waals surface area contributed by atoms with Crippen LogP contribution in [0.15, 0.2) is 30.5 Å². The minimum absolute atomic E-state index is 0.260. The van der Waals surface area contributed by atoms with E-state index >= 15 is 0 Å². The van der Waals surface area contributed by atoms with E-state index in [0.29, 0.717) is 54.4 Å². The van der Waals surface area contributed by atoms with Gasteiger partial charge in [0.25, 0.3) is 0 Å². The second kappa shape index (κ2) is 8.19. The molecule has 10 heteroatoms. The minimum atomic E-state index is -4.56. The zero-order chi connectivity index (χ0) is 22.5. The Bertz CT molecular complexity index is 1130. The molecule has 2 aliphatic rings. The summed E-state index contributed by atoms with van der Waals surface area (Å²) < 4.78 is 54.5. The molecule has 5 rings (SSSR count). The summed E-state index contributed by atoms with van der Waals surface area (Å²) in [6.07, 6.45) is 0.763. The molecule has 170 valence electrons. The Hall–Kier alpha value is -2.39. The maximum atomic E-state index is 13.7. The Morgan fingerprint density at radius 2 is 1.78 bits per heavy atom. The molecule has 2 fully saturated rings. The van der Waals surface area contributed by atoms with Crippen molar-refractivity contribution in [3.63, 3.8) is 0 Å². The van der Waals surface area contributed by atoms with Gasteiger partial charge < -0.3 is 4.90 Å². The smallest absolute Gasteiger partial charge is 0.368 e. The van der Waals surface area contributed by atoms with Crippen molar-refractivity contribution in [1.82, 2.24) is 19.5 Å². The van der Waals surface area contributed by atoms with Gasteiger partial charge in [-0.25, -0.2) is 4.39 Å². The Morgan fingerprint density at radius 1 is 1.03 bits per heavy atom. The molecule has 0 atom stereocenters. The highest BCUT2D eigenvalue weighted by atomic mass is 35.5. The van der Waals surface area contributed by atoms with Crippen LogP contribution in [0.1, 0.15) is 29.8 Å². The van der Waals surface area contributed by atoms with E-state index in [1.54, 1.807) is 0 Å². The molecule has 0 bridgehead atoms. The van der Waals surface area contributed by atoms with E-state index in [9.17, 15) is 17.6 Å². The molecular weight excluding hydrogens is 446 g/mol. The monoisotopic (exact) mass is 467 g/mol. The van der Waals surface area contributed by atoms with E-state index in [2.05, 4.69) is 15.1 Å². The van der Waals surface area contributed by atoms with Crippen molar-refractivity contribution in [2.75, 3.05) is 31.1 Å². The lowest BCUT2D eigenvalue weighted by molar-refractivity contribution is -0.137. The first-order chi connectivity index (χ1) is 15.3. The van der Waals surface area contributed by atoms with Crippen molar-refractivity contribution in [3.05, 3.63) is 58.3 Å². The fraction of sp³-hybridized carbons (Fsp3) is 0.455. The minimum Gasteiger partial charge on any atom is -0.368 e. The molecule has 0 radical (unpaired) electrons. The third kappa shape index (κ3) is 4.41. The van der Waals surface area contributed by atoms with Crippen LogP contribution < -0.4 is 4.90 Å². The van der Waals surface area contributed by atoms with Crippen LogP contribution in [-0.4, -0.2) is 45.7 Å². The Kier molecular flexibility index (Phi) is 5.49. The van der Waals surface area contributed by atoms with Gasteiger partial charge in [0.1, 0.15) is 16.7 Å². The molecule has 1 saturated heterocycles. The number of halogens is 5. The Balaban J connectivity index is 1.26. The lowest BCUT2D eigenvalue weighted by Crippen LogP contribution is -2.46. The summed E-state index contributed by atoms with van der Waals surface area (Å²) >= 11 is 6.66. The zero-order valence-corrected chi connectivity index (χ0v) is 18.0. The van der Waals surface area contributed by atoms with Crippen LogP contribution in [0.3, 0.4) is 0 Å². The molecule has 32 heavy (non-hydrogen) atoms. The van der Waals surface area contributed by atoms with Gasteiger partial charge in [0.15, 0.2) is 5.65 Å². The van der Waals surface area contributed by atoms with Gasteiger partial charge in [-0.05, 0) is 48.6 Å². The Labute approximate surface area is 187 Å². The SMILES string of the molecule is Fc1cc(CN2CCN(c3ccn4c(CC5CC5)nnc4c3Cl)CC2)cc(C(F)(F)F)c1. The second-order valence-corrected chi connectivity index (χ2v) is 8.96. The third-order valence-corrected chi connectivity index (χ3v) is 6.50. The normalized spacial score (nSPS) is 18.0. The lowest BCUT2D eigenvalue weighted by Gasteiger charge is -2.36. The number of hydrogen-bond acceptors (Lipinski definition) is 4. The van der Waals surface area contributed by atoms with E-state index in [-0.39, 0.29) is 6.54 Å². The molecule has 2 aromatic heterocycles. The van der Waals surface area contributed by atoms with Crippen LogP contribution >= 0.6 is 11.6 Å². The first-order valence-electron chi connectivity index (χ1n) is 10.6. The summed E-state index contributed by atoms with van der Waals surface area (Å²) in [5.41, 5.74) is 0.869. The van der Waals surface area contributed by atoms with Gasteiger partial charge in [-0.2, -0.15) is 13.2 Å². The summed E-state index contributed by atoms with van der Waals surface area (Å²) in [4.78, 5) is 4.16. The number of pyridine rings is 1. The van der Waals surface area contributed by atoms with Crippen molar-refractivity contribution in [3.8, 4) is 0 Å². The van der Waals surface area contributed by atoms with Gasteiger partial charge >= 0.3 is 6.18 Å². The number of nitrogens with zero attached hydrogens (tertiary/aromatic N) is 5. The molecule has 0 spiro atoms. The summed E-state index contributed by atoms with van der Waals surface area (Å²) in [5, 5.41) is 9.13. The van der Waals surface area contributed by atoms with Gasteiger partial charge in [0, 0.05) is 45.3 Å². The number of hydrogen-bond donors (Lipinski definition) is 0. The van der Waals surface area contributed by atoms with E-state index in [1.165, 1.54) is 12.8 Å². The molecule has 0 unspecified atom stereocenters. The van der Waals surface area contributed by atoms with Gasteiger partial charge in [-0.1, -0.05) is 11.6 Å². The van der Waals surface area contributed by atoms with Gasteiger partial charge in [0.05, 0.1) is 11.3 Å². The lowest BCUT2D eigenvalue weighted by atomic mass is 10.1. The van der Waals surface area contributed by atoms with Crippen LogP contribution in [0.2, 0.25) is 5.02 Å². The summed E-state index contributed by atoms with van der Waals surface area (Å²) in [6.45, 7) is 2.81. The number of rotatable bonds is 5. The average molecular weight is 468 g/mol. The average Bonchev–Trinajstić information content (AvgIpc) is 3.46. The molecule has 0 N–H and O–H groups in total. The number of benzene rings is 1. The van der Waals surface area contributed by atoms with Gasteiger partial charge in [-0.3, -0.25) is 9.30 Å². The molecule has 1 aromatic carbocycles. The van der Waals surface area contributed by atoms with Gasteiger partial charge in [-0.15, -0.1) is 10.2 Å². The van der Waals surface area contributed by atoms with Crippen LogP contribution in [0, 0.1) is 11.7 Å². The molecule has 3 aromatic rings. The largest absolute Gasteiger partial charge is 0.416 e. The molecule has 3 heterocycles. The van der Waals surface area contributed by atoms with E-state index in [0.717, 1.165) is 30.1 Å². The highest BCUT2D eigenvalue weighted by molar-refractivity contribution is 6.36. The maximum absolute atomic E-state index is 13.7. The molecule has 1 saturated carbocycles. The topological polar surface area (TPSA) is 36.7 Å². The third-order valence-electron chi connectivity index (χ3n) is 6.14. The molecule has 0 amide bonds. The van der Waals surface area contributed by atoms with Crippen molar-refractivity contribution in [2.45, 2.75) is 32.0 Å².